The smallest absolute Gasteiger partial charge is 0.229 e. The van der Waals surface area contributed by atoms with Crippen molar-refractivity contribution in [2.24, 2.45) is 0 Å². The highest BCUT2D eigenvalue weighted by Gasteiger charge is 2.35. The number of carbonyl (C=O) groups excluding carboxylic acids is 1. The van der Waals surface area contributed by atoms with Crippen molar-refractivity contribution < 1.29 is 13.2 Å². The fourth-order valence-electron chi connectivity index (χ4n) is 2.15. The van der Waals surface area contributed by atoms with Crippen molar-refractivity contribution in [2.75, 3.05) is 29.5 Å². The average Bonchev–Trinajstić information content (AvgIpc) is 2.49. The average molecular weight is 329 g/mol. The third-order valence-corrected chi connectivity index (χ3v) is 6.69. The first-order valence-electron chi connectivity index (χ1n) is 6.73. The number of rotatable bonds is 4. The number of nitrogens with zero attached hydrogens (tertiary/aromatic N) is 2. The number of nitrogens with two attached hydrogens (primary N) is 1. The molecule has 21 heavy (non-hydrogen) atoms. The Morgan fingerprint density at radius 1 is 1.52 bits per heavy atom. The largest absolute Gasteiger partial charge is 0.397 e. The maximum absolute atomic E-state index is 12.4. The molecule has 0 saturated carbocycles. The highest BCUT2D eigenvalue weighted by molar-refractivity contribution is 8.01. The Hall–Kier alpha value is -1.28. The number of carbonyl (C=O) groups is 1. The van der Waals surface area contributed by atoms with E-state index in [1.807, 2.05) is 0 Å². The van der Waals surface area contributed by atoms with Crippen molar-refractivity contribution in [3.05, 3.63) is 24.0 Å². The van der Waals surface area contributed by atoms with Crippen molar-refractivity contribution in [1.82, 2.24) is 9.88 Å². The molecule has 1 saturated heterocycles. The molecule has 1 fully saturated rings. The molecule has 2 N–H and O–H groups in total. The second kappa shape index (κ2) is 6.65. The molecule has 1 atom stereocenters. The lowest BCUT2D eigenvalue weighted by atomic mass is 10.2. The Kier molecular flexibility index (Phi) is 5.10. The van der Waals surface area contributed by atoms with Crippen molar-refractivity contribution in [1.29, 1.82) is 0 Å². The zero-order valence-electron chi connectivity index (χ0n) is 11.9. The van der Waals surface area contributed by atoms with Crippen LogP contribution in [0.1, 0.15) is 12.6 Å². The van der Waals surface area contributed by atoms with Crippen LogP contribution in [-0.2, 0) is 21.1 Å². The van der Waals surface area contributed by atoms with Crippen LogP contribution in [0.4, 0.5) is 5.69 Å². The van der Waals surface area contributed by atoms with Gasteiger partial charge in [-0.05, 0) is 12.1 Å². The molecule has 2 rings (SSSR count). The predicted octanol–water partition coefficient (Wildman–Crippen LogP) is 0.542. The SMILES string of the molecule is CCS(=O)(=O)C1CSCCN1C(=O)Cc1ccc(N)cn1. The lowest BCUT2D eigenvalue weighted by molar-refractivity contribution is -0.130. The van der Waals surface area contributed by atoms with Crippen LogP contribution < -0.4 is 5.73 Å². The molecule has 1 unspecified atom stereocenters. The molecule has 2 heterocycles. The van der Waals surface area contributed by atoms with Gasteiger partial charge in [0.2, 0.25) is 5.91 Å². The molecule has 1 aliphatic heterocycles. The van der Waals surface area contributed by atoms with E-state index >= 15 is 0 Å². The number of anilines is 1. The summed E-state index contributed by atoms with van der Waals surface area (Å²) in [4.78, 5) is 18.0. The zero-order chi connectivity index (χ0) is 15.5. The van der Waals surface area contributed by atoms with E-state index in [9.17, 15) is 13.2 Å². The van der Waals surface area contributed by atoms with Gasteiger partial charge in [-0.25, -0.2) is 8.42 Å². The minimum absolute atomic E-state index is 0.0438. The molecule has 0 radical (unpaired) electrons. The Labute approximate surface area is 129 Å². The summed E-state index contributed by atoms with van der Waals surface area (Å²) in [6.45, 7) is 2.07. The molecule has 1 aliphatic rings. The van der Waals surface area contributed by atoms with Gasteiger partial charge in [-0.1, -0.05) is 6.92 Å². The molecule has 1 aromatic rings. The van der Waals surface area contributed by atoms with Gasteiger partial charge < -0.3 is 10.6 Å². The van der Waals surface area contributed by atoms with E-state index in [1.165, 1.54) is 11.1 Å². The van der Waals surface area contributed by atoms with Gasteiger partial charge in [0.05, 0.1) is 18.3 Å². The molecule has 0 aliphatic carbocycles. The van der Waals surface area contributed by atoms with E-state index in [2.05, 4.69) is 4.98 Å². The van der Waals surface area contributed by atoms with Crippen molar-refractivity contribution >= 4 is 33.2 Å². The summed E-state index contributed by atoms with van der Waals surface area (Å²) in [6, 6.07) is 3.37. The number of nitrogen functional groups attached to an aromatic ring is 1. The Morgan fingerprint density at radius 3 is 2.90 bits per heavy atom. The first kappa shape index (κ1) is 16.1. The van der Waals surface area contributed by atoms with Crippen molar-refractivity contribution in [3.63, 3.8) is 0 Å². The fraction of sp³-hybridized carbons (Fsp3) is 0.538. The summed E-state index contributed by atoms with van der Waals surface area (Å²) in [7, 11) is -3.27. The van der Waals surface area contributed by atoms with E-state index in [1.54, 1.807) is 30.8 Å². The van der Waals surface area contributed by atoms with Crippen LogP contribution in [0.15, 0.2) is 18.3 Å². The van der Waals surface area contributed by atoms with Gasteiger partial charge in [0.25, 0.3) is 0 Å². The van der Waals surface area contributed by atoms with E-state index in [4.69, 9.17) is 5.73 Å². The maximum atomic E-state index is 12.4. The van der Waals surface area contributed by atoms with E-state index < -0.39 is 15.2 Å². The van der Waals surface area contributed by atoms with E-state index in [0.717, 1.165) is 5.75 Å². The van der Waals surface area contributed by atoms with Gasteiger partial charge in [0.15, 0.2) is 9.84 Å². The van der Waals surface area contributed by atoms with Crippen LogP contribution in [0.25, 0.3) is 0 Å². The molecule has 0 bridgehead atoms. The van der Waals surface area contributed by atoms with Crippen LogP contribution in [0.3, 0.4) is 0 Å². The molecule has 1 amide bonds. The number of aromatic nitrogens is 1. The van der Waals surface area contributed by atoms with Crippen LogP contribution in [0.2, 0.25) is 0 Å². The molecule has 116 valence electrons. The lowest BCUT2D eigenvalue weighted by Crippen LogP contribution is -2.51. The summed E-state index contributed by atoms with van der Waals surface area (Å²) in [5.41, 5.74) is 6.69. The number of pyridine rings is 1. The number of hydrogen-bond acceptors (Lipinski definition) is 6. The van der Waals surface area contributed by atoms with Crippen LogP contribution >= 0.6 is 11.8 Å². The molecule has 8 heteroatoms. The van der Waals surface area contributed by atoms with Crippen LogP contribution in [-0.4, -0.2) is 53.4 Å². The molecule has 1 aromatic heterocycles. The Bertz CT molecular complexity index is 602. The third kappa shape index (κ3) is 3.88. The molecular weight excluding hydrogens is 310 g/mol. The van der Waals surface area contributed by atoms with Crippen LogP contribution in [0, 0.1) is 0 Å². The fourth-order valence-corrected chi connectivity index (χ4v) is 5.14. The van der Waals surface area contributed by atoms with Crippen molar-refractivity contribution in [3.8, 4) is 0 Å². The first-order valence-corrected chi connectivity index (χ1v) is 9.60. The highest BCUT2D eigenvalue weighted by atomic mass is 32.2. The second-order valence-corrected chi connectivity index (χ2v) is 8.42. The van der Waals surface area contributed by atoms with Gasteiger partial charge in [0.1, 0.15) is 5.37 Å². The van der Waals surface area contributed by atoms with Gasteiger partial charge in [-0.3, -0.25) is 9.78 Å². The summed E-state index contributed by atoms with van der Waals surface area (Å²) in [5, 5.41) is -0.720. The number of hydrogen-bond donors (Lipinski definition) is 1. The van der Waals surface area contributed by atoms with Crippen molar-refractivity contribution in [2.45, 2.75) is 18.7 Å². The van der Waals surface area contributed by atoms with Gasteiger partial charge in [0, 0.05) is 29.5 Å². The predicted molar refractivity (Wildman–Crippen MR) is 84.6 cm³/mol. The van der Waals surface area contributed by atoms with E-state index in [-0.39, 0.29) is 18.1 Å². The summed E-state index contributed by atoms with van der Waals surface area (Å²) in [6.07, 6.45) is 1.59. The van der Waals surface area contributed by atoms with Crippen LogP contribution in [0.5, 0.6) is 0 Å². The number of sulfone groups is 1. The molecular formula is C13H19N3O3S2. The summed E-state index contributed by atoms with van der Waals surface area (Å²) in [5.74, 6) is 1.05. The summed E-state index contributed by atoms with van der Waals surface area (Å²) < 4.78 is 24.3. The third-order valence-electron chi connectivity index (χ3n) is 3.40. The standard InChI is InChI=1S/C13H19N3O3S2/c1-2-21(18,19)13-9-20-6-5-16(13)12(17)7-11-4-3-10(14)8-15-11/h3-4,8,13H,2,5-7,9,14H2,1H3. The zero-order valence-corrected chi connectivity index (χ0v) is 13.5. The maximum Gasteiger partial charge on any atom is 0.229 e. The minimum atomic E-state index is -3.27. The first-order chi connectivity index (χ1) is 9.94. The highest BCUT2D eigenvalue weighted by Crippen LogP contribution is 2.22. The van der Waals surface area contributed by atoms with Gasteiger partial charge in [-0.15, -0.1) is 0 Å². The monoisotopic (exact) mass is 329 g/mol. The Balaban J connectivity index is 2.13. The minimum Gasteiger partial charge on any atom is -0.397 e. The van der Waals surface area contributed by atoms with Gasteiger partial charge in [-0.2, -0.15) is 11.8 Å². The molecule has 6 nitrogen and oxygen atoms in total. The number of amides is 1. The van der Waals surface area contributed by atoms with Gasteiger partial charge >= 0.3 is 0 Å². The molecule has 0 spiro atoms. The number of thioether (sulfide) groups is 1. The topological polar surface area (TPSA) is 93.4 Å². The Morgan fingerprint density at radius 2 is 2.29 bits per heavy atom. The molecule has 0 aromatic carbocycles. The lowest BCUT2D eigenvalue weighted by Gasteiger charge is -2.34. The quantitative estimate of drug-likeness (QED) is 0.867. The second-order valence-electron chi connectivity index (χ2n) is 4.83. The summed E-state index contributed by atoms with van der Waals surface area (Å²) >= 11 is 1.57. The van der Waals surface area contributed by atoms with E-state index in [0.29, 0.717) is 23.7 Å². The normalized spacial score (nSPS) is 19.5.